The van der Waals surface area contributed by atoms with Gasteiger partial charge in [-0.05, 0) is 37.3 Å². The van der Waals surface area contributed by atoms with Gasteiger partial charge in [-0.15, -0.1) is 0 Å². The minimum absolute atomic E-state index is 0.00298. The van der Waals surface area contributed by atoms with Crippen molar-refractivity contribution in [3.63, 3.8) is 0 Å². The average molecular weight is 281 g/mol. The third kappa shape index (κ3) is 2.51. The molecule has 0 radical (unpaired) electrons. The van der Waals surface area contributed by atoms with Crippen LogP contribution in [0.25, 0.3) is 6.08 Å². The zero-order chi connectivity index (χ0) is 14.8. The van der Waals surface area contributed by atoms with Gasteiger partial charge in [-0.3, -0.25) is 4.79 Å². The largest absolute Gasteiger partial charge is 0.462 e. The Labute approximate surface area is 121 Å². The molecule has 2 aromatic rings. The summed E-state index contributed by atoms with van der Waals surface area (Å²) in [5.41, 5.74) is 0.374. The molecule has 1 aliphatic heterocycles. The first-order valence-electron chi connectivity index (χ1n) is 6.30. The summed E-state index contributed by atoms with van der Waals surface area (Å²) >= 11 is 0. The molecule has 104 valence electrons. The summed E-state index contributed by atoms with van der Waals surface area (Å²) in [6.07, 6.45) is 1.43. The summed E-state index contributed by atoms with van der Waals surface area (Å²) in [4.78, 5) is 12.4. The molecule has 5 heteroatoms. The van der Waals surface area contributed by atoms with Crippen LogP contribution in [0.5, 0.6) is 11.5 Å². The van der Waals surface area contributed by atoms with E-state index in [2.05, 4.69) is 0 Å². The second-order valence-electron chi connectivity index (χ2n) is 4.52. The molecule has 1 aromatic carbocycles. The van der Waals surface area contributed by atoms with Crippen molar-refractivity contribution in [3.8, 4) is 17.6 Å². The van der Waals surface area contributed by atoms with E-state index >= 15 is 0 Å². The number of nitrogens with zero attached hydrogens (tertiary/aromatic N) is 1. The lowest BCUT2D eigenvalue weighted by molar-refractivity contribution is 0.103. The molecule has 0 bridgehead atoms. The number of Topliss-reactive ketones (excluding diaryl/α,β-unsaturated/α-hetero) is 1. The third-order valence-electron chi connectivity index (χ3n) is 3.05. The van der Waals surface area contributed by atoms with Gasteiger partial charge in [-0.2, -0.15) is 5.26 Å². The predicted octanol–water partition coefficient (Wildman–Crippen LogP) is 3.11. The number of carbonyl (C=O) groups excluding carboxylic acids is 1. The minimum atomic E-state index is -0.384. The van der Waals surface area contributed by atoms with Gasteiger partial charge in [0.05, 0.1) is 0 Å². The highest BCUT2D eigenvalue weighted by Gasteiger charge is 2.18. The molecule has 0 aliphatic carbocycles. The molecular weight excluding hydrogens is 270 g/mol. The molecule has 0 saturated carbocycles. The van der Waals surface area contributed by atoms with E-state index < -0.39 is 0 Å². The van der Waals surface area contributed by atoms with E-state index in [1.165, 1.54) is 6.08 Å². The van der Waals surface area contributed by atoms with Crippen molar-refractivity contribution in [2.24, 2.45) is 0 Å². The fourth-order valence-corrected chi connectivity index (χ4v) is 2.02. The number of nitriles is 1. The molecule has 0 saturated heterocycles. The monoisotopic (exact) mass is 281 g/mol. The molecule has 0 fully saturated rings. The Balaban J connectivity index is 1.93. The number of benzene rings is 1. The van der Waals surface area contributed by atoms with E-state index in [1.807, 2.05) is 6.07 Å². The zero-order valence-electron chi connectivity index (χ0n) is 11.3. The van der Waals surface area contributed by atoms with Crippen LogP contribution in [-0.4, -0.2) is 12.6 Å². The van der Waals surface area contributed by atoms with Crippen LogP contribution in [0.2, 0.25) is 0 Å². The summed E-state index contributed by atoms with van der Waals surface area (Å²) in [5.74, 6) is 1.90. The maximum atomic E-state index is 12.4. The molecule has 1 aliphatic rings. The van der Waals surface area contributed by atoms with Gasteiger partial charge >= 0.3 is 0 Å². The molecule has 21 heavy (non-hydrogen) atoms. The van der Waals surface area contributed by atoms with Crippen LogP contribution in [-0.2, 0) is 0 Å². The van der Waals surface area contributed by atoms with Gasteiger partial charge in [0, 0.05) is 11.6 Å². The highest BCUT2D eigenvalue weighted by molar-refractivity contribution is 6.14. The maximum Gasteiger partial charge on any atom is 0.231 e. The molecule has 0 unspecified atom stereocenters. The van der Waals surface area contributed by atoms with Crippen LogP contribution in [0.4, 0.5) is 0 Å². The Bertz CT molecular complexity index is 780. The fourth-order valence-electron chi connectivity index (χ4n) is 2.02. The minimum Gasteiger partial charge on any atom is -0.462 e. The maximum absolute atomic E-state index is 12.4. The van der Waals surface area contributed by atoms with Gasteiger partial charge in [0.15, 0.2) is 11.5 Å². The highest BCUT2D eigenvalue weighted by Crippen LogP contribution is 2.33. The van der Waals surface area contributed by atoms with E-state index in [0.29, 0.717) is 28.6 Å². The smallest absolute Gasteiger partial charge is 0.231 e. The molecule has 5 nitrogen and oxygen atoms in total. The number of aryl methyl sites for hydroxylation is 1. The van der Waals surface area contributed by atoms with Crippen LogP contribution in [0, 0.1) is 18.3 Å². The summed E-state index contributed by atoms with van der Waals surface area (Å²) in [5, 5.41) is 9.18. The topological polar surface area (TPSA) is 72.5 Å². The van der Waals surface area contributed by atoms with E-state index in [4.69, 9.17) is 13.9 Å². The van der Waals surface area contributed by atoms with Crippen molar-refractivity contribution in [2.75, 3.05) is 6.79 Å². The Morgan fingerprint density at radius 2 is 2.05 bits per heavy atom. The second-order valence-corrected chi connectivity index (χ2v) is 4.52. The number of rotatable bonds is 3. The normalized spacial score (nSPS) is 13.0. The summed E-state index contributed by atoms with van der Waals surface area (Å²) in [6.45, 7) is 1.93. The molecule has 0 atom stereocenters. The molecule has 0 N–H and O–H groups in total. The van der Waals surface area contributed by atoms with Crippen LogP contribution >= 0.6 is 0 Å². The third-order valence-corrected chi connectivity index (χ3v) is 3.05. The van der Waals surface area contributed by atoms with Gasteiger partial charge in [-0.1, -0.05) is 0 Å². The number of hydrogen-bond donors (Lipinski definition) is 0. The number of ether oxygens (including phenoxy) is 2. The molecular formula is C16H11NO4. The van der Waals surface area contributed by atoms with E-state index in [1.54, 1.807) is 37.3 Å². The lowest BCUT2D eigenvalue weighted by Gasteiger charge is -2.01. The number of fused-ring (bicyclic) bond motifs is 1. The highest BCUT2D eigenvalue weighted by atomic mass is 16.7. The Morgan fingerprint density at radius 3 is 2.76 bits per heavy atom. The number of carbonyl (C=O) groups is 1. The van der Waals surface area contributed by atoms with Crippen LogP contribution in [0.15, 0.2) is 40.3 Å². The molecule has 3 rings (SSSR count). The summed E-state index contributed by atoms with van der Waals surface area (Å²) < 4.78 is 15.8. The molecule has 1 aromatic heterocycles. The predicted molar refractivity (Wildman–Crippen MR) is 73.9 cm³/mol. The molecule has 2 heterocycles. The van der Waals surface area contributed by atoms with E-state index in [9.17, 15) is 10.1 Å². The fraction of sp³-hybridized carbons (Fsp3) is 0.125. The van der Waals surface area contributed by atoms with Crippen LogP contribution in [0.3, 0.4) is 0 Å². The van der Waals surface area contributed by atoms with Crippen molar-refractivity contribution < 1.29 is 18.7 Å². The van der Waals surface area contributed by atoms with Crippen molar-refractivity contribution >= 4 is 11.9 Å². The van der Waals surface area contributed by atoms with Crippen molar-refractivity contribution in [2.45, 2.75) is 6.92 Å². The van der Waals surface area contributed by atoms with Gasteiger partial charge in [-0.25, -0.2) is 0 Å². The number of ketones is 1. The van der Waals surface area contributed by atoms with Gasteiger partial charge < -0.3 is 13.9 Å². The summed E-state index contributed by atoms with van der Waals surface area (Å²) in [7, 11) is 0. The lowest BCUT2D eigenvalue weighted by atomic mass is 10.0. The number of furan rings is 1. The molecule has 0 spiro atoms. The van der Waals surface area contributed by atoms with Crippen molar-refractivity contribution in [1.82, 2.24) is 0 Å². The first-order valence-corrected chi connectivity index (χ1v) is 6.30. The molecule has 0 amide bonds. The van der Waals surface area contributed by atoms with Crippen molar-refractivity contribution in [1.29, 1.82) is 5.26 Å². The summed E-state index contributed by atoms with van der Waals surface area (Å²) in [6, 6.07) is 10.2. The standard InChI is InChI=1S/C16H11NO4/c1-10-2-4-13(21-10)6-12(8-17)16(18)11-3-5-14-15(7-11)20-9-19-14/h2-7H,9H2,1H3/b12-6-. The zero-order valence-corrected chi connectivity index (χ0v) is 11.3. The number of allylic oxidation sites excluding steroid dienone is 1. The Hall–Kier alpha value is -3.00. The van der Waals surface area contributed by atoms with Crippen LogP contribution < -0.4 is 9.47 Å². The van der Waals surface area contributed by atoms with Gasteiger partial charge in [0.2, 0.25) is 12.6 Å². The first kappa shape index (κ1) is 13.0. The van der Waals surface area contributed by atoms with Crippen molar-refractivity contribution in [3.05, 3.63) is 53.0 Å². The SMILES string of the molecule is Cc1ccc(/C=C(/C#N)C(=O)c2ccc3c(c2)OCO3)o1. The van der Waals surface area contributed by atoms with E-state index in [0.717, 1.165) is 0 Å². The van der Waals surface area contributed by atoms with E-state index in [-0.39, 0.29) is 18.1 Å². The number of hydrogen-bond acceptors (Lipinski definition) is 5. The Morgan fingerprint density at radius 1 is 1.24 bits per heavy atom. The average Bonchev–Trinajstić information content (AvgIpc) is 3.11. The van der Waals surface area contributed by atoms with Gasteiger partial charge in [0.1, 0.15) is 23.2 Å². The second kappa shape index (κ2) is 5.17. The Kier molecular flexibility index (Phi) is 3.20. The first-order chi connectivity index (χ1) is 10.2. The lowest BCUT2D eigenvalue weighted by Crippen LogP contribution is -2.01. The van der Waals surface area contributed by atoms with Crippen LogP contribution in [0.1, 0.15) is 21.9 Å². The van der Waals surface area contributed by atoms with Gasteiger partial charge in [0.25, 0.3) is 0 Å². The quantitative estimate of drug-likeness (QED) is 0.491.